The lowest BCUT2D eigenvalue weighted by Gasteiger charge is -2.18. The van der Waals surface area contributed by atoms with E-state index < -0.39 is 0 Å². The highest BCUT2D eigenvalue weighted by Crippen LogP contribution is 2.41. The molecule has 0 N–H and O–H groups in total. The van der Waals surface area contributed by atoms with E-state index in [4.69, 9.17) is 21.7 Å². The summed E-state index contributed by atoms with van der Waals surface area (Å²) in [6.07, 6.45) is 1.86. The number of thiocarbonyl (C=S) groups is 1. The first-order valence-corrected chi connectivity index (χ1v) is 8.78. The van der Waals surface area contributed by atoms with E-state index in [2.05, 4.69) is 0 Å². The number of benzene rings is 1. The molecular weight excluding hydrogens is 350 g/mol. The molecule has 118 valence electrons. The average Bonchev–Trinajstić information content (AvgIpc) is 3.16. The number of nitrogens with zero attached hydrogens (tertiary/aromatic N) is 1. The molecule has 2 heterocycles. The molecule has 0 radical (unpaired) electrons. The summed E-state index contributed by atoms with van der Waals surface area (Å²) in [5.41, 5.74) is 0.616. The first-order chi connectivity index (χ1) is 11.1. The second kappa shape index (κ2) is 6.74. The number of thiophene rings is 1. The molecule has 1 amide bonds. The minimum absolute atomic E-state index is 0.142. The summed E-state index contributed by atoms with van der Waals surface area (Å²) in [6.45, 7) is 0. The number of carbonyl (C=O) groups is 1. The molecule has 7 heteroatoms. The van der Waals surface area contributed by atoms with Crippen LogP contribution in [0.2, 0.25) is 0 Å². The summed E-state index contributed by atoms with van der Waals surface area (Å²) >= 11 is 8.26. The molecule has 1 aromatic carbocycles. The van der Waals surface area contributed by atoms with Crippen molar-refractivity contribution in [2.45, 2.75) is 0 Å². The molecule has 1 aliphatic rings. The molecule has 0 bridgehead atoms. The van der Waals surface area contributed by atoms with Gasteiger partial charge in [-0.25, -0.2) is 0 Å². The number of rotatable bonds is 4. The van der Waals surface area contributed by atoms with Gasteiger partial charge in [-0.15, -0.1) is 11.3 Å². The Balaban J connectivity index is 1.98. The van der Waals surface area contributed by atoms with Crippen molar-refractivity contribution in [2.24, 2.45) is 0 Å². The number of amides is 1. The fraction of sp³-hybridized carbons (Fsp3) is 0.125. The van der Waals surface area contributed by atoms with Crippen LogP contribution in [0.15, 0.2) is 40.6 Å². The highest BCUT2D eigenvalue weighted by Gasteiger charge is 2.35. The van der Waals surface area contributed by atoms with Crippen LogP contribution < -0.4 is 14.4 Å². The van der Waals surface area contributed by atoms with Crippen molar-refractivity contribution in [1.82, 2.24) is 0 Å². The van der Waals surface area contributed by atoms with E-state index >= 15 is 0 Å². The monoisotopic (exact) mass is 363 g/mol. The lowest BCUT2D eigenvalue weighted by molar-refractivity contribution is -0.113. The van der Waals surface area contributed by atoms with Gasteiger partial charge >= 0.3 is 0 Å². The van der Waals surface area contributed by atoms with Crippen LogP contribution in [-0.2, 0) is 4.79 Å². The van der Waals surface area contributed by atoms with Gasteiger partial charge in [0, 0.05) is 10.9 Å². The van der Waals surface area contributed by atoms with Crippen molar-refractivity contribution in [2.75, 3.05) is 19.1 Å². The van der Waals surface area contributed by atoms with Crippen molar-refractivity contribution in [3.63, 3.8) is 0 Å². The minimum atomic E-state index is -0.142. The highest BCUT2D eigenvalue weighted by molar-refractivity contribution is 8.27. The molecule has 0 unspecified atom stereocenters. The standard InChI is InChI=1S/C16H13NO3S3/c1-19-10-5-6-12(13(8-10)20-2)17-15(18)14(23-16(17)21)9-11-4-3-7-22-11/h3-9H,1-2H3. The Bertz CT molecular complexity index is 784. The smallest absolute Gasteiger partial charge is 0.270 e. The first-order valence-electron chi connectivity index (χ1n) is 6.67. The lowest BCUT2D eigenvalue weighted by Crippen LogP contribution is -2.27. The molecule has 1 aromatic heterocycles. The molecule has 0 aliphatic carbocycles. The van der Waals surface area contributed by atoms with Crippen LogP contribution in [-0.4, -0.2) is 24.4 Å². The Labute approximate surface area is 147 Å². The third-order valence-electron chi connectivity index (χ3n) is 3.24. The van der Waals surface area contributed by atoms with Crippen LogP contribution in [0.4, 0.5) is 5.69 Å². The topological polar surface area (TPSA) is 38.8 Å². The van der Waals surface area contributed by atoms with Crippen molar-refractivity contribution in [3.8, 4) is 11.5 Å². The van der Waals surface area contributed by atoms with Crippen molar-refractivity contribution >= 4 is 57.3 Å². The summed E-state index contributed by atoms with van der Waals surface area (Å²) in [6, 6.07) is 9.20. The Morgan fingerprint density at radius 1 is 1.22 bits per heavy atom. The molecule has 4 nitrogen and oxygen atoms in total. The van der Waals surface area contributed by atoms with E-state index in [1.54, 1.807) is 43.8 Å². The molecular formula is C16H13NO3S3. The molecule has 1 fully saturated rings. The molecule has 23 heavy (non-hydrogen) atoms. The van der Waals surface area contributed by atoms with Crippen molar-refractivity contribution < 1.29 is 14.3 Å². The molecule has 3 rings (SSSR count). The third-order valence-corrected chi connectivity index (χ3v) is 5.36. The van der Waals surface area contributed by atoms with Crippen LogP contribution in [0.25, 0.3) is 6.08 Å². The largest absolute Gasteiger partial charge is 0.497 e. The zero-order valence-corrected chi connectivity index (χ0v) is 14.9. The Morgan fingerprint density at radius 3 is 2.70 bits per heavy atom. The number of hydrogen-bond donors (Lipinski definition) is 0. The number of anilines is 1. The number of thioether (sulfide) groups is 1. The summed E-state index contributed by atoms with van der Waals surface area (Å²) in [7, 11) is 3.13. The summed E-state index contributed by atoms with van der Waals surface area (Å²) < 4.78 is 11.1. The lowest BCUT2D eigenvalue weighted by atomic mass is 10.2. The normalized spacial score (nSPS) is 16.3. The highest BCUT2D eigenvalue weighted by atomic mass is 32.2. The minimum Gasteiger partial charge on any atom is -0.497 e. The first kappa shape index (κ1) is 16.0. The van der Waals surface area contributed by atoms with Gasteiger partial charge in [0.1, 0.15) is 11.5 Å². The predicted molar refractivity (Wildman–Crippen MR) is 99.5 cm³/mol. The zero-order valence-electron chi connectivity index (χ0n) is 12.4. The Morgan fingerprint density at radius 2 is 2.04 bits per heavy atom. The molecule has 0 saturated carbocycles. The van der Waals surface area contributed by atoms with Gasteiger partial charge in [-0.2, -0.15) is 0 Å². The average molecular weight is 363 g/mol. The van der Waals surface area contributed by atoms with Crippen molar-refractivity contribution in [1.29, 1.82) is 0 Å². The number of carbonyl (C=O) groups excluding carboxylic acids is 1. The van der Waals surface area contributed by atoms with Crippen LogP contribution in [0.5, 0.6) is 11.5 Å². The van der Waals surface area contributed by atoms with Gasteiger partial charge in [-0.05, 0) is 29.7 Å². The Kier molecular flexibility index (Phi) is 4.70. The molecule has 0 atom stereocenters. The fourth-order valence-electron chi connectivity index (χ4n) is 2.15. The zero-order chi connectivity index (χ0) is 16.4. The van der Waals surface area contributed by atoms with E-state index in [1.807, 2.05) is 23.6 Å². The van der Waals surface area contributed by atoms with E-state index in [-0.39, 0.29) is 5.91 Å². The van der Waals surface area contributed by atoms with Gasteiger partial charge in [-0.3, -0.25) is 9.69 Å². The van der Waals surface area contributed by atoms with Gasteiger partial charge in [0.25, 0.3) is 5.91 Å². The van der Waals surface area contributed by atoms with Gasteiger partial charge in [0.05, 0.1) is 24.8 Å². The quantitative estimate of drug-likeness (QED) is 0.602. The van der Waals surface area contributed by atoms with Gasteiger partial charge in [-0.1, -0.05) is 30.0 Å². The Hall–Kier alpha value is -1.83. The molecule has 2 aromatic rings. The fourth-order valence-corrected chi connectivity index (χ4v) is 4.16. The number of hydrogen-bond acceptors (Lipinski definition) is 6. The van der Waals surface area contributed by atoms with E-state index in [0.717, 1.165) is 4.88 Å². The summed E-state index contributed by atoms with van der Waals surface area (Å²) in [5, 5.41) is 1.97. The number of ether oxygens (including phenoxy) is 2. The molecule has 1 aliphatic heterocycles. The SMILES string of the molecule is COc1ccc(N2C(=O)C(=Cc3cccs3)SC2=S)c(OC)c1. The number of methoxy groups -OCH3 is 2. The van der Waals surface area contributed by atoms with Crippen LogP contribution in [0.3, 0.4) is 0 Å². The predicted octanol–water partition coefficient (Wildman–Crippen LogP) is 4.17. The second-order valence-electron chi connectivity index (χ2n) is 4.57. The third kappa shape index (κ3) is 3.12. The van der Waals surface area contributed by atoms with Gasteiger partial charge in [0.15, 0.2) is 4.32 Å². The van der Waals surface area contributed by atoms with E-state index in [9.17, 15) is 4.79 Å². The van der Waals surface area contributed by atoms with Crippen LogP contribution in [0.1, 0.15) is 4.88 Å². The van der Waals surface area contributed by atoms with Crippen molar-refractivity contribution in [3.05, 3.63) is 45.5 Å². The van der Waals surface area contributed by atoms with E-state index in [1.165, 1.54) is 16.7 Å². The van der Waals surface area contributed by atoms with Crippen LogP contribution in [0, 0.1) is 0 Å². The maximum atomic E-state index is 12.7. The molecule has 0 spiro atoms. The van der Waals surface area contributed by atoms with Gasteiger partial charge in [0.2, 0.25) is 0 Å². The van der Waals surface area contributed by atoms with Gasteiger partial charge < -0.3 is 9.47 Å². The maximum absolute atomic E-state index is 12.7. The molecule has 1 saturated heterocycles. The summed E-state index contributed by atoms with van der Waals surface area (Å²) in [4.78, 5) is 15.9. The van der Waals surface area contributed by atoms with E-state index in [0.29, 0.717) is 26.4 Å². The second-order valence-corrected chi connectivity index (χ2v) is 7.23. The maximum Gasteiger partial charge on any atom is 0.270 e. The summed E-state index contributed by atoms with van der Waals surface area (Å²) in [5.74, 6) is 1.06. The van der Waals surface area contributed by atoms with Crippen LogP contribution >= 0.6 is 35.3 Å².